The van der Waals surface area contributed by atoms with E-state index in [1.54, 1.807) is 23.5 Å². The van der Waals surface area contributed by atoms with Crippen LogP contribution in [0.3, 0.4) is 0 Å². The lowest BCUT2D eigenvalue weighted by Crippen LogP contribution is -2.60. The van der Waals surface area contributed by atoms with Crippen molar-refractivity contribution in [1.82, 2.24) is 9.88 Å². The maximum atomic E-state index is 13.3. The summed E-state index contributed by atoms with van der Waals surface area (Å²) in [7, 11) is 0. The van der Waals surface area contributed by atoms with Gasteiger partial charge in [-0.1, -0.05) is 12.1 Å². The summed E-state index contributed by atoms with van der Waals surface area (Å²) < 4.78 is 13.3. The van der Waals surface area contributed by atoms with Gasteiger partial charge in [-0.3, -0.25) is 4.90 Å². The van der Waals surface area contributed by atoms with Crippen LogP contribution < -0.4 is 4.90 Å². The Bertz CT molecular complexity index is 679. The Labute approximate surface area is 139 Å². The van der Waals surface area contributed by atoms with E-state index in [4.69, 9.17) is 0 Å². The van der Waals surface area contributed by atoms with Crippen LogP contribution in [0.5, 0.6) is 0 Å². The number of nitrogens with zero attached hydrogens (tertiary/aromatic N) is 3. The maximum Gasteiger partial charge on any atom is 0.185 e. The van der Waals surface area contributed by atoms with Gasteiger partial charge >= 0.3 is 0 Å². The number of aromatic nitrogens is 1. The van der Waals surface area contributed by atoms with Gasteiger partial charge in [-0.2, -0.15) is 0 Å². The van der Waals surface area contributed by atoms with Crippen LogP contribution in [-0.2, 0) is 0 Å². The molecule has 0 N–H and O–H groups in total. The zero-order chi connectivity index (χ0) is 15.4. The molecule has 2 aromatic rings. The van der Waals surface area contributed by atoms with Gasteiger partial charge in [0.1, 0.15) is 5.82 Å². The van der Waals surface area contributed by atoms with Gasteiger partial charge in [0.15, 0.2) is 5.13 Å². The summed E-state index contributed by atoms with van der Waals surface area (Å²) in [4.78, 5) is 9.79. The van der Waals surface area contributed by atoms with E-state index in [1.165, 1.54) is 31.5 Å². The minimum atomic E-state index is -0.148. The fourth-order valence-corrected chi connectivity index (χ4v) is 5.70. The zero-order valence-electron chi connectivity index (χ0n) is 12.9. The van der Waals surface area contributed by atoms with E-state index in [2.05, 4.69) is 20.2 Å². The molecule has 4 fully saturated rings. The molecule has 6 rings (SSSR count). The first-order valence-corrected chi connectivity index (χ1v) is 9.35. The molecule has 4 aliphatic rings. The highest BCUT2D eigenvalue weighted by molar-refractivity contribution is 7.13. The van der Waals surface area contributed by atoms with Crippen molar-refractivity contribution in [2.24, 2.45) is 5.92 Å². The second-order valence-corrected chi connectivity index (χ2v) is 7.85. The Hall–Kier alpha value is -1.46. The third kappa shape index (κ3) is 2.13. The second-order valence-electron chi connectivity index (χ2n) is 6.98. The molecule has 120 valence electrons. The Morgan fingerprint density at radius 3 is 2.57 bits per heavy atom. The van der Waals surface area contributed by atoms with E-state index in [0.717, 1.165) is 17.6 Å². The van der Waals surface area contributed by atoms with Crippen molar-refractivity contribution in [1.29, 1.82) is 0 Å². The summed E-state index contributed by atoms with van der Waals surface area (Å²) in [5, 5.41) is 3.22. The van der Waals surface area contributed by atoms with Crippen molar-refractivity contribution < 1.29 is 4.39 Å². The molecule has 5 heteroatoms. The fourth-order valence-electron chi connectivity index (χ4n) is 5.00. The van der Waals surface area contributed by atoms with E-state index in [-0.39, 0.29) is 5.82 Å². The van der Waals surface area contributed by atoms with Crippen LogP contribution in [0, 0.1) is 11.7 Å². The molecule has 5 heterocycles. The number of anilines is 1. The summed E-state index contributed by atoms with van der Waals surface area (Å²) in [5.74, 6) is 1.08. The molecule has 3 nitrogen and oxygen atoms in total. The van der Waals surface area contributed by atoms with Gasteiger partial charge in [-0.05, 0) is 49.5 Å². The van der Waals surface area contributed by atoms with E-state index in [1.807, 2.05) is 18.3 Å². The number of hydrogen-bond acceptors (Lipinski definition) is 4. The SMILES string of the molecule is Fc1ccc([C@@H]2CN(c3nccs3)[C@@H]3C4CCN(CC4)[C@@H]32)cc1. The number of piperidine rings is 3. The molecule has 0 aliphatic carbocycles. The average molecular weight is 329 g/mol. The molecular formula is C18H20FN3S. The van der Waals surface area contributed by atoms with Crippen LogP contribution in [0.2, 0.25) is 0 Å². The molecule has 23 heavy (non-hydrogen) atoms. The van der Waals surface area contributed by atoms with Gasteiger partial charge in [-0.15, -0.1) is 11.3 Å². The van der Waals surface area contributed by atoms with Gasteiger partial charge < -0.3 is 4.90 Å². The number of rotatable bonds is 2. The standard InChI is InChI=1S/C18H20FN3S/c19-14-3-1-12(2-4-14)15-11-22(18-20-7-10-23-18)16-13-5-8-21(9-6-13)17(15)16/h1-4,7,10,13,15-17H,5-6,8-9,11H2/t15-,16+,17+/m0/s1. The highest BCUT2D eigenvalue weighted by Crippen LogP contribution is 2.48. The normalized spacial score (nSPS) is 35.5. The Balaban J connectivity index is 1.55. The number of benzene rings is 1. The van der Waals surface area contributed by atoms with Gasteiger partial charge in [0.2, 0.25) is 0 Å². The monoisotopic (exact) mass is 329 g/mol. The first-order valence-electron chi connectivity index (χ1n) is 8.47. The van der Waals surface area contributed by atoms with E-state index >= 15 is 0 Å². The smallest absolute Gasteiger partial charge is 0.185 e. The van der Waals surface area contributed by atoms with Crippen molar-refractivity contribution in [3.05, 3.63) is 47.2 Å². The van der Waals surface area contributed by atoms with Crippen LogP contribution in [0.15, 0.2) is 35.8 Å². The number of fused-ring (bicyclic) bond motifs is 2. The molecule has 0 spiro atoms. The molecule has 4 saturated heterocycles. The lowest BCUT2D eigenvalue weighted by molar-refractivity contribution is 0.0356. The van der Waals surface area contributed by atoms with Crippen LogP contribution in [0.4, 0.5) is 9.52 Å². The molecule has 3 atom stereocenters. The third-order valence-electron chi connectivity index (χ3n) is 5.96. The van der Waals surface area contributed by atoms with Gasteiger partial charge in [0.25, 0.3) is 0 Å². The van der Waals surface area contributed by atoms with Crippen LogP contribution in [-0.4, -0.2) is 41.6 Å². The van der Waals surface area contributed by atoms with Gasteiger partial charge in [0.05, 0.1) is 6.04 Å². The molecule has 2 bridgehead atoms. The molecule has 0 radical (unpaired) electrons. The number of halogens is 1. The highest BCUT2D eigenvalue weighted by Gasteiger charge is 2.53. The number of thiazole rings is 1. The second kappa shape index (κ2) is 5.28. The summed E-state index contributed by atoms with van der Waals surface area (Å²) in [5.41, 5.74) is 1.27. The van der Waals surface area contributed by atoms with E-state index < -0.39 is 0 Å². The van der Waals surface area contributed by atoms with Crippen molar-refractivity contribution in [3.63, 3.8) is 0 Å². The first-order chi connectivity index (χ1) is 11.3. The maximum absolute atomic E-state index is 13.3. The Morgan fingerprint density at radius 1 is 1.09 bits per heavy atom. The first kappa shape index (κ1) is 13.9. The largest absolute Gasteiger partial charge is 0.343 e. The summed E-state index contributed by atoms with van der Waals surface area (Å²) >= 11 is 1.74. The summed E-state index contributed by atoms with van der Waals surface area (Å²) in [6, 6.07) is 8.28. The Morgan fingerprint density at radius 2 is 1.87 bits per heavy atom. The van der Waals surface area contributed by atoms with Crippen LogP contribution in [0.1, 0.15) is 24.3 Å². The minimum Gasteiger partial charge on any atom is -0.343 e. The molecule has 1 aromatic carbocycles. The quantitative estimate of drug-likeness (QED) is 0.842. The zero-order valence-corrected chi connectivity index (χ0v) is 13.8. The number of hydrogen-bond donors (Lipinski definition) is 0. The van der Waals surface area contributed by atoms with Crippen molar-refractivity contribution in [2.45, 2.75) is 30.8 Å². The van der Waals surface area contributed by atoms with Crippen LogP contribution in [0.25, 0.3) is 0 Å². The molecule has 0 unspecified atom stereocenters. The predicted molar refractivity (Wildman–Crippen MR) is 90.5 cm³/mol. The fraction of sp³-hybridized carbons (Fsp3) is 0.500. The lowest BCUT2D eigenvalue weighted by Gasteiger charge is -2.51. The van der Waals surface area contributed by atoms with E-state index in [9.17, 15) is 4.39 Å². The molecule has 0 saturated carbocycles. The minimum absolute atomic E-state index is 0.148. The van der Waals surface area contributed by atoms with Crippen molar-refractivity contribution in [2.75, 3.05) is 24.5 Å². The highest BCUT2D eigenvalue weighted by atomic mass is 32.1. The van der Waals surface area contributed by atoms with Crippen molar-refractivity contribution >= 4 is 16.5 Å². The lowest BCUT2D eigenvalue weighted by atomic mass is 9.75. The Kier molecular flexibility index (Phi) is 3.20. The third-order valence-corrected chi connectivity index (χ3v) is 6.77. The summed E-state index contributed by atoms with van der Waals surface area (Å²) in [6.07, 6.45) is 4.51. The molecule has 0 amide bonds. The van der Waals surface area contributed by atoms with Crippen molar-refractivity contribution in [3.8, 4) is 0 Å². The van der Waals surface area contributed by atoms with Crippen LogP contribution >= 0.6 is 11.3 Å². The molecular weight excluding hydrogens is 309 g/mol. The van der Waals surface area contributed by atoms with Gasteiger partial charge in [0, 0.05) is 30.1 Å². The predicted octanol–water partition coefficient (Wildman–Crippen LogP) is 3.35. The van der Waals surface area contributed by atoms with Gasteiger partial charge in [-0.25, -0.2) is 9.37 Å². The summed E-state index contributed by atoms with van der Waals surface area (Å²) in [6.45, 7) is 3.44. The molecule has 1 aromatic heterocycles. The van der Waals surface area contributed by atoms with E-state index in [0.29, 0.717) is 18.0 Å². The average Bonchev–Trinajstić information content (AvgIpc) is 3.25. The topological polar surface area (TPSA) is 19.4 Å². The molecule has 4 aliphatic heterocycles.